The average Bonchev–Trinajstić information content (AvgIpc) is 2.50. The third-order valence-electron chi connectivity index (χ3n) is 2.58. The maximum atomic E-state index is 9.27. The summed E-state index contributed by atoms with van der Waals surface area (Å²) in [6.07, 6.45) is 2.68. The van der Waals surface area contributed by atoms with Crippen LogP contribution in [0.2, 0.25) is 0 Å². The highest BCUT2D eigenvalue weighted by molar-refractivity contribution is 7.11. The predicted molar refractivity (Wildman–Crippen MR) is 54.9 cm³/mol. The lowest BCUT2D eigenvalue weighted by Gasteiger charge is -2.31. The number of hydrogen-bond donors (Lipinski definition) is 2. The van der Waals surface area contributed by atoms with E-state index in [0.29, 0.717) is 17.0 Å². The summed E-state index contributed by atoms with van der Waals surface area (Å²) < 4.78 is 0. The largest absolute Gasteiger partial charge is 0.386 e. The van der Waals surface area contributed by atoms with E-state index < -0.39 is 6.10 Å². The fraction of sp³-hybridized carbons (Fsp3) is 0.778. The highest BCUT2D eigenvalue weighted by Gasteiger charge is 2.27. The molecular weight excluding hydrogens is 198 g/mol. The molecule has 4 nitrogen and oxygen atoms in total. The van der Waals surface area contributed by atoms with Crippen molar-refractivity contribution in [1.29, 1.82) is 0 Å². The molecule has 3 N–H and O–H groups in total. The Morgan fingerprint density at radius 2 is 2.29 bits per heavy atom. The number of aliphatic hydroxyl groups excluding tert-OH is 1. The molecule has 0 saturated heterocycles. The Balaban J connectivity index is 1.90. The maximum Gasteiger partial charge on any atom is 0.145 e. The molecule has 0 spiro atoms. The first-order valence-corrected chi connectivity index (χ1v) is 5.72. The van der Waals surface area contributed by atoms with Crippen molar-refractivity contribution in [2.45, 2.75) is 38.3 Å². The van der Waals surface area contributed by atoms with Crippen LogP contribution in [0.4, 0.5) is 0 Å². The van der Waals surface area contributed by atoms with Crippen molar-refractivity contribution in [3.63, 3.8) is 0 Å². The van der Waals surface area contributed by atoms with Gasteiger partial charge in [0.15, 0.2) is 0 Å². The Hall–Kier alpha value is -0.520. The molecule has 1 aliphatic rings. The van der Waals surface area contributed by atoms with Crippen LogP contribution < -0.4 is 5.73 Å². The van der Waals surface area contributed by atoms with Gasteiger partial charge >= 0.3 is 0 Å². The number of rotatable bonds is 3. The van der Waals surface area contributed by atoms with Crippen molar-refractivity contribution >= 4 is 11.3 Å². The second kappa shape index (κ2) is 3.92. The molecule has 14 heavy (non-hydrogen) atoms. The Morgan fingerprint density at radius 3 is 2.79 bits per heavy atom. The van der Waals surface area contributed by atoms with Crippen LogP contribution in [0.1, 0.15) is 35.9 Å². The van der Waals surface area contributed by atoms with Gasteiger partial charge in [-0.15, -0.1) is 10.2 Å². The molecule has 0 radical (unpaired) electrons. The minimum atomic E-state index is -0.495. The van der Waals surface area contributed by atoms with Crippen LogP contribution in [0.15, 0.2) is 0 Å². The molecule has 5 heteroatoms. The number of aromatic nitrogens is 2. The molecule has 0 aromatic carbocycles. The zero-order valence-electron chi connectivity index (χ0n) is 8.18. The normalized spacial score (nSPS) is 28.5. The molecule has 0 amide bonds. The molecule has 1 aromatic heterocycles. The summed E-state index contributed by atoms with van der Waals surface area (Å²) in [5, 5.41) is 19.0. The van der Waals surface area contributed by atoms with Gasteiger partial charge in [-0.2, -0.15) is 0 Å². The van der Waals surface area contributed by atoms with Gasteiger partial charge in [0.05, 0.1) is 0 Å². The van der Waals surface area contributed by atoms with Gasteiger partial charge in [0.1, 0.15) is 16.1 Å². The third-order valence-corrected chi connectivity index (χ3v) is 3.69. The average molecular weight is 213 g/mol. The monoisotopic (exact) mass is 213 g/mol. The van der Waals surface area contributed by atoms with Crippen LogP contribution in [0.3, 0.4) is 0 Å². The first-order valence-electron chi connectivity index (χ1n) is 4.91. The first-order chi connectivity index (χ1) is 6.65. The standard InChI is InChI=1S/C9H15N3OS/c1-5(13)9-12-11-8(14-9)4-6-2-7(10)3-6/h5-7,13H,2-4,10H2,1H3. The van der Waals surface area contributed by atoms with Crippen LogP contribution >= 0.6 is 11.3 Å². The Morgan fingerprint density at radius 1 is 1.57 bits per heavy atom. The van der Waals surface area contributed by atoms with Gasteiger partial charge in [0.2, 0.25) is 0 Å². The molecule has 1 aromatic rings. The molecule has 1 fully saturated rings. The summed E-state index contributed by atoms with van der Waals surface area (Å²) in [5.74, 6) is 0.680. The van der Waals surface area contributed by atoms with Crippen molar-refractivity contribution in [3.8, 4) is 0 Å². The zero-order valence-corrected chi connectivity index (χ0v) is 9.00. The molecular formula is C9H15N3OS. The van der Waals surface area contributed by atoms with Gasteiger partial charge in [-0.25, -0.2) is 0 Å². The smallest absolute Gasteiger partial charge is 0.145 e. The van der Waals surface area contributed by atoms with Crippen molar-refractivity contribution < 1.29 is 5.11 Å². The molecule has 1 unspecified atom stereocenters. The summed E-state index contributed by atoms with van der Waals surface area (Å²) in [6, 6.07) is 0.393. The second-order valence-corrected chi connectivity index (χ2v) is 5.11. The zero-order chi connectivity index (χ0) is 10.1. The Labute approximate surface area is 87.2 Å². The predicted octanol–water partition coefficient (Wildman–Crippen LogP) is 0.871. The molecule has 1 saturated carbocycles. The molecule has 1 atom stereocenters. The van der Waals surface area contributed by atoms with E-state index in [4.69, 9.17) is 5.73 Å². The fourth-order valence-electron chi connectivity index (χ4n) is 1.72. The molecule has 78 valence electrons. The van der Waals surface area contributed by atoms with Gasteiger partial charge in [-0.3, -0.25) is 0 Å². The van der Waals surface area contributed by atoms with Gasteiger partial charge in [0, 0.05) is 12.5 Å². The van der Waals surface area contributed by atoms with Crippen LogP contribution in [0, 0.1) is 5.92 Å². The van der Waals surface area contributed by atoms with E-state index in [1.54, 1.807) is 6.92 Å². The number of nitrogens with zero attached hydrogens (tertiary/aromatic N) is 2. The van der Waals surface area contributed by atoms with Gasteiger partial charge in [-0.05, 0) is 25.7 Å². The summed E-state index contributed by atoms with van der Waals surface area (Å²) in [4.78, 5) is 0. The lowest BCUT2D eigenvalue weighted by atomic mass is 9.79. The molecule has 0 aliphatic heterocycles. The molecule has 0 bridgehead atoms. The van der Waals surface area contributed by atoms with Crippen LogP contribution in [-0.2, 0) is 6.42 Å². The van der Waals surface area contributed by atoms with E-state index in [1.807, 2.05) is 0 Å². The van der Waals surface area contributed by atoms with Gasteiger partial charge in [0.25, 0.3) is 0 Å². The van der Waals surface area contributed by atoms with Gasteiger partial charge < -0.3 is 10.8 Å². The summed E-state index contributed by atoms with van der Waals surface area (Å²) in [7, 11) is 0. The van der Waals surface area contributed by atoms with Crippen molar-refractivity contribution in [2.24, 2.45) is 11.7 Å². The number of nitrogens with two attached hydrogens (primary N) is 1. The van der Waals surface area contributed by atoms with Crippen LogP contribution in [0.5, 0.6) is 0 Å². The Bertz CT molecular complexity index is 307. The molecule has 2 rings (SSSR count). The third kappa shape index (κ3) is 2.10. The number of hydrogen-bond acceptors (Lipinski definition) is 5. The summed E-state index contributed by atoms with van der Waals surface area (Å²) >= 11 is 1.51. The van der Waals surface area contributed by atoms with Crippen LogP contribution in [-0.4, -0.2) is 21.3 Å². The van der Waals surface area contributed by atoms with E-state index in [0.717, 1.165) is 24.3 Å². The van der Waals surface area contributed by atoms with Gasteiger partial charge in [-0.1, -0.05) is 11.3 Å². The SMILES string of the molecule is CC(O)c1nnc(CC2CC(N)C2)s1. The highest BCUT2D eigenvalue weighted by atomic mass is 32.1. The quantitative estimate of drug-likeness (QED) is 0.781. The second-order valence-electron chi connectivity index (χ2n) is 4.01. The molecule has 1 aliphatic carbocycles. The van der Waals surface area contributed by atoms with E-state index in [2.05, 4.69) is 10.2 Å². The lowest BCUT2D eigenvalue weighted by Crippen LogP contribution is -2.37. The molecule has 1 heterocycles. The van der Waals surface area contributed by atoms with E-state index in [9.17, 15) is 5.11 Å². The minimum absolute atomic E-state index is 0.393. The topological polar surface area (TPSA) is 72.0 Å². The summed E-state index contributed by atoms with van der Waals surface area (Å²) in [6.45, 7) is 1.71. The van der Waals surface area contributed by atoms with Crippen molar-refractivity contribution in [1.82, 2.24) is 10.2 Å². The maximum absolute atomic E-state index is 9.27. The minimum Gasteiger partial charge on any atom is -0.386 e. The Kier molecular flexibility index (Phi) is 2.80. The van der Waals surface area contributed by atoms with E-state index in [-0.39, 0.29) is 0 Å². The summed E-state index contributed by atoms with van der Waals surface area (Å²) in [5.41, 5.74) is 5.70. The fourth-order valence-corrected chi connectivity index (χ4v) is 2.61. The van der Waals surface area contributed by atoms with Crippen LogP contribution in [0.25, 0.3) is 0 Å². The highest BCUT2D eigenvalue weighted by Crippen LogP contribution is 2.30. The number of aliphatic hydroxyl groups is 1. The van der Waals surface area contributed by atoms with E-state index >= 15 is 0 Å². The van der Waals surface area contributed by atoms with Crippen molar-refractivity contribution in [2.75, 3.05) is 0 Å². The lowest BCUT2D eigenvalue weighted by molar-refractivity contribution is 0.198. The first kappa shape index (κ1) is 10.0. The van der Waals surface area contributed by atoms with Crippen molar-refractivity contribution in [3.05, 3.63) is 10.0 Å². The van der Waals surface area contributed by atoms with E-state index in [1.165, 1.54) is 11.3 Å².